The minimum absolute atomic E-state index is 0.0207. The molecule has 0 unspecified atom stereocenters. The van der Waals surface area contributed by atoms with Crippen LogP contribution in [0.5, 0.6) is 0 Å². The van der Waals surface area contributed by atoms with Gasteiger partial charge in [0.2, 0.25) is 0 Å². The van der Waals surface area contributed by atoms with Crippen molar-refractivity contribution in [2.45, 2.75) is 38.6 Å². The van der Waals surface area contributed by atoms with Gasteiger partial charge in [-0.05, 0) is 42.5 Å². The van der Waals surface area contributed by atoms with Crippen LogP contribution in [0.25, 0.3) is 16.8 Å². The second kappa shape index (κ2) is 9.00. The van der Waals surface area contributed by atoms with Crippen molar-refractivity contribution in [2.24, 2.45) is 5.92 Å². The molecule has 1 saturated carbocycles. The van der Waals surface area contributed by atoms with Crippen molar-refractivity contribution in [3.05, 3.63) is 58.4 Å². The smallest absolute Gasteiger partial charge is 0.254 e. The minimum atomic E-state index is 0.0207. The van der Waals surface area contributed by atoms with Crippen molar-refractivity contribution >= 4 is 29.3 Å². The van der Waals surface area contributed by atoms with E-state index in [4.69, 9.17) is 17.0 Å². The molecule has 1 amide bonds. The van der Waals surface area contributed by atoms with E-state index in [1.807, 2.05) is 30.5 Å². The number of nitrogens with zero attached hydrogens (tertiary/aromatic N) is 2. The number of hydrogen-bond acceptors (Lipinski definition) is 4. The summed E-state index contributed by atoms with van der Waals surface area (Å²) in [6, 6.07) is 9.48. The average Bonchev–Trinajstić information content (AvgIpc) is 3.05. The molecule has 30 heavy (non-hydrogen) atoms. The first-order valence-electron chi connectivity index (χ1n) is 10.6. The van der Waals surface area contributed by atoms with Crippen LogP contribution in [0.2, 0.25) is 5.15 Å². The molecule has 0 bridgehead atoms. The van der Waals surface area contributed by atoms with E-state index in [1.165, 1.54) is 38.3 Å². The van der Waals surface area contributed by atoms with Gasteiger partial charge in [0.05, 0.1) is 5.69 Å². The van der Waals surface area contributed by atoms with Gasteiger partial charge in [-0.2, -0.15) is 0 Å². The van der Waals surface area contributed by atoms with Crippen molar-refractivity contribution in [1.29, 1.82) is 5.41 Å². The van der Waals surface area contributed by atoms with Crippen molar-refractivity contribution in [3.8, 4) is 11.3 Å². The Morgan fingerprint density at radius 3 is 2.83 bits per heavy atom. The number of carbonyl (C=O) groups excluding carboxylic acids is 1. The molecule has 0 saturated heterocycles. The Bertz CT molecular complexity index is 995. The van der Waals surface area contributed by atoms with E-state index in [9.17, 15) is 4.79 Å². The highest BCUT2D eigenvalue weighted by Crippen LogP contribution is 2.32. The van der Waals surface area contributed by atoms with Crippen molar-refractivity contribution in [2.75, 3.05) is 13.6 Å². The van der Waals surface area contributed by atoms with Crippen molar-refractivity contribution in [3.63, 3.8) is 0 Å². The fourth-order valence-corrected chi connectivity index (χ4v) is 4.55. The molecule has 0 spiro atoms. The Hall–Kier alpha value is -2.66. The predicted octanol–water partition coefficient (Wildman–Crippen LogP) is 5.15. The standard InChI is InChI=1S/C24H27ClN4O/c1-29-15-18-8-7-17(11-21(18)24(29)30)23-20(9-10-22(25)28-23)19(12-26)14-27-13-16-5-3-2-4-6-16/h7-12,14,16,26-27H,2-6,13,15H2,1H3/b19-14+,26-12?. The molecule has 0 atom stereocenters. The quantitative estimate of drug-likeness (QED) is 0.499. The zero-order valence-corrected chi connectivity index (χ0v) is 18.0. The fraction of sp³-hybridized carbons (Fsp3) is 0.375. The maximum Gasteiger partial charge on any atom is 0.254 e. The number of aromatic nitrogens is 1. The normalized spacial score (nSPS) is 17.2. The van der Waals surface area contributed by atoms with Crippen LogP contribution in [0, 0.1) is 11.3 Å². The van der Waals surface area contributed by atoms with E-state index in [0.29, 0.717) is 28.9 Å². The lowest BCUT2D eigenvalue weighted by Gasteiger charge is -2.21. The Morgan fingerprint density at radius 2 is 2.07 bits per heavy atom. The van der Waals surface area contributed by atoms with Crippen LogP contribution in [0.3, 0.4) is 0 Å². The van der Waals surface area contributed by atoms with E-state index in [1.54, 1.807) is 18.0 Å². The Balaban J connectivity index is 1.64. The van der Waals surface area contributed by atoms with Gasteiger partial charge in [0, 0.05) is 54.8 Å². The number of benzene rings is 1. The van der Waals surface area contributed by atoms with Gasteiger partial charge in [-0.25, -0.2) is 4.98 Å². The number of pyridine rings is 1. The number of fused-ring (bicyclic) bond motifs is 1. The summed E-state index contributed by atoms with van der Waals surface area (Å²) < 4.78 is 0. The topological polar surface area (TPSA) is 69.1 Å². The first kappa shape index (κ1) is 20.6. The van der Waals surface area contributed by atoms with Gasteiger partial charge in [0.25, 0.3) is 5.91 Å². The Morgan fingerprint density at radius 1 is 1.27 bits per heavy atom. The molecular formula is C24H27ClN4O. The lowest BCUT2D eigenvalue weighted by atomic mass is 9.89. The number of nitrogens with one attached hydrogen (secondary N) is 2. The first-order chi connectivity index (χ1) is 14.6. The fourth-order valence-electron chi connectivity index (χ4n) is 4.41. The summed E-state index contributed by atoms with van der Waals surface area (Å²) in [4.78, 5) is 18.7. The highest BCUT2D eigenvalue weighted by molar-refractivity contribution is 6.29. The summed E-state index contributed by atoms with van der Waals surface area (Å²) in [6.45, 7) is 1.55. The van der Waals surface area contributed by atoms with Crippen LogP contribution < -0.4 is 5.32 Å². The molecule has 156 valence electrons. The average molecular weight is 423 g/mol. The molecule has 1 aliphatic heterocycles. The first-order valence-corrected chi connectivity index (χ1v) is 10.9. The molecule has 2 N–H and O–H groups in total. The van der Waals surface area contributed by atoms with Crippen LogP contribution >= 0.6 is 11.6 Å². The summed E-state index contributed by atoms with van der Waals surface area (Å²) in [5.41, 5.74) is 4.81. The number of carbonyl (C=O) groups is 1. The van der Waals surface area contributed by atoms with Gasteiger partial charge in [-0.15, -0.1) is 0 Å². The molecule has 0 radical (unpaired) electrons. The third kappa shape index (κ3) is 4.26. The van der Waals surface area contributed by atoms with Crippen molar-refractivity contribution in [1.82, 2.24) is 15.2 Å². The van der Waals surface area contributed by atoms with Crippen LogP contribution in [0.15, 0.2) is 36.5 Å². The number of rotatable bonds is 6. The minimum Gasteiger partial charge on any atom is -0.390 e. The van der Waals surface area contributed by atoms with Crippen LogP contribution in [0.4, 0.5) is 0 Å². The highest BCUT2D eigenvalue weighted by atomic mass is 35.5. The van der Waals surface area contributed by atoms with E-state index in [-0.39, 0.29) is 5.91 Å². The van der Waals surface area contributed by atoms with Gasteiger partial charge in [0.1, 0.15) is 5.15 Å². The maximum absolute atomic E-state index is 12.4. The summed E-state index contributed by atoms with van der Waals surface area (Å²) in [7, 11) is 1.80. The molecule has 1 aliphatic carbocycles. The zero-order valence-electron chi connectivity index (χ0n) is 17.2. The molecule has 6 heteroatoms. The Labute approximate surface area is 182 Å². The van der Waals surface area contributed by atoms with Crippen LogP contribution in [0.1, 0.15) is 53.6 Å². The van der Waals surface area contributed by atoms with Crippen molar-refractivity contribution < 1.29 is 4.79 Å². The molecule has 1 aromatic heterocycles. The van der Waals surface area contributed by atoms with Gasteiger partial charge < -0.3 is 15.6 Å². The van der Waals surface area contributed by atoms with E-state index in [2.05, 4.69) is 10.3 Å². The predicted molar refractivity (Wildman–Crippen MR) is 122 cm³/mol. The molecular weight excluding hydrogens is 396 g/mol. The molecule has 4 rings (SSSR count). The largest absolute Gasteiger partial charge is 0.390 e. The van der Waals surface area contributed by atoms with E-state index < -0.39 is 0 Å². The second-order valence-corrected chi connectivity index (χ2v) is 8.61. The summed E-state index contributed by atoms with van der Waals surface area (Å²) >= 11 is 6.21. The van der Waals surface area contributed by atoms with Gasteiger partial charge in [0.15, 0.2) is 0 Å². The molecule has 1 fully saturated rings. The summed E-state index contributed by atoms with van der Waals surface area (Å²) in [5.74, 6) is 0.719. The number of amides is 1. The number of allylic oxidation sites excluding steroid dienone is 1. The second-order valence-electron chi connectivity index (χ2n) is 8.22. The highest BCUT2D eigenvalue weighted by Gasteiger charge is 2.25. The lowest BCUT2D eigenvalue weighted by molar-refractivity contribution is 0.0816. The molecule has 2 aromatic rings. The Kier molecular flexibility index (Phi) is 6.18. The molecule has 2 heterocycles. The zero-order chi connectivity index (χ0) is 21.1. The maximum atomic E-state index is 12.4. The third-order valence-electron chi connectivity index (χ3n) is 6.08. The summed E-state index contributed by atoms with van der Waals surface area (Å²) in [5, 5.41) is 11.8. The number of halogens is 1. The van der Waals surface area contributed by atoms with E-state index in [0.717, 1.165) is 28.8 Å². The molecule has 1 aromatic carbocycles. The number of hydrogen-bond donors (Lipinski definition) is 2. The summed E-state index contributed by atoms with van der Waals surface area (Å²) in [6.07, 6.45) is 9.75. The lowest BCUT2D eigenvalue weighted by Crippen LogP contribution is -2.20. The van der Waals surface area contributed by atoms with Crippen LogP contribution in [-0.4, -0.2) is 35.6 Å². The van der Waals surface area contributed by atoms with Gasteiger partial charge in [-0.1, -0.05) is 43.0 Å². The van der Waals surface area contributed by atoms with Gasteiger partial charge in [-0.3, -0.25) is 4.79 Å². The van der Waals surface area contributed by atoms with Crippen LogP contribution in [-0.2, 0) is 6.54 Å². The van der Waals surface area contributed by atoms with Gasteiger partial charge >= 0.3 is 0 Å². The third-order valence-corrected chi connectivity index (χ3v) is 6.30. The molecule has 5 nitrogen and oxygen atoms in total. The monoisotopic (exact) mass is 422 g/mol. The molecule has 2 aliphatic rings. The van der Waals surface area contributed by atoms with E-state index >= 15 is 0 Å². The SMILES string of the molecule is CN1Cc2ccc(-c3nc(Cl)ccc3/C(C=N)=C/NCC3CCCCC3)cc2C1=O.